The van der Waals surface area contributed by atoms with E-state index in [1.165, 1.54) is 25.7 Å². The Morgan fingerprint density at radius 3 is 2.33 bits per heavy atom. The molecule has 3 nitrogen and oxygen atoms in total. The lowest BCUT2D eigenvalue weighted by molar-refractivity contribution is -0.139. The highest BCUT2D eigenvalue weighted by Crippen LogP contribution is 2.33. The molecule has 2 aliphatic rings. The molecule has 0 amide bonds. The van der Waals surface area contributed by atoms with Crippen molar-refractivity contribution in [3.63, 3.8) is 0 Å². The summed E-state index contributed by atoms with van der Waals surface area (Å²) < 4.78 is 0. The summed E-state index contributed by atoms with van der Waals surface area (Å²) in [4.78, 5) is 10.8. The minimum Gasteiger partial charge on any atom is -0.480 e. The first kappa shape index (κ1) is 10.9. The number of nitrogens with one attached hydrogen (secondary N) is 1. The molecular formula is C12H21NO2. The molecule has 2 unspecified atom stereocenters. The van der Waals surface area contributed by atoms with Crippen molar-refractivity contribution in [2.75, 3.05) is 0 Å². The lowest BCUT2D eigenvalue weighted by Crippen LogP contribution is -2.40. The maximum atomic E-state index is 10.8. The zero-order valence-electron chi connectivity index (χ0n) is 9.41. The normalized spacial score (nSPS) is 41.7. The van der Waals surface area contributed by atoms with Gasteiger partial charge in [-0.3, -0.25) is 4.79 Å². The van der Waals surface area contributed by atoms with Gasteiger partial charge in [0.1, 0.15) is 6.04 Å². The Morgan fingerprint density at radius 1 is 1.13 bits per heavy atom. The lowest BCUT2D eigenvalue weighted by atomic mass is 9.79. The van der Waals surface area contributed by atoms with Crippen LogP contribution in [-0.4, -0.2) is 23.2 Å². The molecule has 0 radical (unpaired) electrons. The summed E-state index contributed by atoms with van der Waals surface area (Å²) in [5.74, 6) is 0.921. The zero-order chi connectivity index (χ0) is 10.8. The maximum absolute atomic E-state index is 10.8. The van der Waals surface area contributed by atoms with E-state index in [4.69, 9.17) is 5.11 Å². The fourth-order valence-electron chi connectivity index (χ4n) is 3.03. The minimum atomic E-state index is -0.679. The van der Waals surface area contributed by atoms with E-state index in [2.05, 4.69) is 12.2 Å². The third kappa shape index (κ3) is 2.51. The highest BCUT2D eigenvalue weighted by Gasteiger charge is 2.34. The number of carboxylic acids is 1. The number of carboxylic acid groups (broad SMARTS) is 1. The van der Waals surface area contributed by atoms with Crippen molar-refractivity contribution in [2.24, 2.45) is 11.8 Å². The van der Waals surface area contributed by atoms with E-state index in [9.17, 15) is 4.79 Å². The number of hydrogen-bond acceptors (Lipinski definition) is 2. The number of hydrogen-bond donors (Lipinski definition) is 2. The molecule has 0 bridgehead atoms. The van der Waals surface area contributed by atoms with Gasteiger partial charge in [-0.15, -0.1) is 0 Å². The van der Waals surface area contributed by atoms with E-state index in [1.807, 2.05) is 0 Å². The van der Waals surface area contributed by atoms with Gasteiger partial charge in [0.15, 0.2) is 0 Å². The van der Waals surface area contributed by atoms with Crippen LogP contribution >= 0.6 is 0 Å². The van der Waals surface area contributed by atoms with Gasteiger partial charge >= 0.3 is 5.97 Å². The molecule has 2 N–H and O–H groups in total. The highest BCUT2D eigenvalue weighted by molar-refractivity contribution is 5.73. The average molecular weight is 211 g/mol. The van der Waals surface area contributed by atoms with Crippen molar-refractivity contribution in [1.29, 1.82) is 0 Å². The summed E-state index contributed by atoms with van der Waals surface area (Å²) >= 11 is 0. The Hall–Kier alpha value is -0.570. The van der Waals surface area contributed by atoms with Gasteiger partial charge in [-0.25, -0.2) is 0 Å². The van der Waals surface area contributed by atoms with Crippen LogP contribution in [0.4, 0.5) is 0 Å². The highest BCUT2D eigenvalue weighted by atomic mass is 16.4. The monoisotopic (exact) mass is 211 g/mol. The Kier molecular flexibility index (Phi) is 3.29. The van der Waals surface area contributed by atoms with Crippen molar-refractivity contribution in [2.45, 2.75) is 57.5 Å². The Balaban J connectivity index is 1.83. The van der Waals surface area contributed by atoms with Gasteiger partial charge in [0, 0.05) is 6.04 Å². The van der Waals surface area contributed by atoms with Crippen LogP contribution in [0.1, 0.15) is 45.4 Å². The molecule has 86 valence electrons. The Bertz CT molecular complexity index is 234. The van der Waals surface area contributed by atoms with Crippen molar-refractivity contribution in [3.05, 3.63) is 0 Å². The summed E-state index contributed by atoms with van der Waals surface area (Å²) in [5.41, 5.74) is 0. The molecule has 0 aromatic heterocycles. The molecule has 2 fully saturated rings. The summed E-state index contributed by atoms with van der Waals surface area (Å²) in [6.45, 7) is 2.32. The van der Waals surface area contributed by atoms with Crippen molar-refractivity contribution in [1.82, 2.24) is 5.32 Å². The first-order valence-electron chi connectivity index (χ1n) is 6.15. The van der Waals surface area contributed by atoms with E-state index in [0.717, 1.165) is 24.7 Å². The second-order valence-electron chi connectivity index (χ2n) is 5.26. The SMILES string of the molecule is CC1CCC(C2CCC(C(=O)O)N2)CC1. The molecule has 1 heterocycles. The molecule has 2 rings (SSSR count). The van der Waals surface area contributed by atoms with Crippen LogP contribution < -0.4 is 5.32 Å². The molecule has 1 aliphatic carbocycles. The van der Waals surface area contributed by atoms with Crippen LogP contribution in [0.3, 0.4) is 0 Å². The third-order valence-corrected chi connectivity index (χ3v) is 4.11. The fourth-order valence-corrected chi connectivity index (χ4v) is 3.03. The lowest BCUT2D eigenvalue weighted by Gasteiger charge is -2.30. The van der Waals surface area contributed by atoms with Crippen LogP contribution in [-0.2, 0) is 4.79 Å². The van der Waals surface area contributed by atoms with Crippen LogP contribution in [0.2, 0.25) is 0 Å². The summed E-state index contributed by atoms with van der Waals surface area (Å²) in [5, 5.41) is 12.2. The van der Waals surface area contributed by atoms with Crippen molar-refractivity contribution < 1.29 is 9.90 Å². The first-order valence-corrected chi connectivity index (χ1v) is 6.15. The van der Waals surface area contributed by atoms with Gasteiger partial charge < -0.3 is 10.4 Å². The first-order chi connectivity index (χ1) is 7.16. The van der Waals surface area contributed by atoms with Gasteiger partial charge in [-0.1, -0.05) is 19.8 Å². The smallest absolute Gasteiger partial charge is 0.320 e. The molecule has 1 aliphatic heterocycles. The molecule has 15 heavy (non-hydrogen) atoms. The van der Waals surface area contributed by atoms with Crippen LogP contribution in [0.15, 0.2) is 0 Å². The maximum Gasteiger partial charge on any atom is 0.320 e. The van der Waals surface area contributed by atoms with Gasteiger partial charge in [0.2, 0.25) is 0 Å². The van der Waals surface area contributed by atoms with E-state index < -0.39 is 5.97 Å². The van der Waals surface area contributed by atoms with Crippen LogP contribution in [0.5, 0.6) is 0 Å². The Labute approximate surface area is 91.2 Å². The fraction of sp³-hybridized carbons (Fsp3) is 0.917. The van der Waals surface area contributed by atoms with Crippen LogP contribution in [0.25, 0.3) is 0 Å². The van der Waals surface area contributed by atoms with E-state index >= 15 is 0 Å². The van der Waals surface area contributed by atoms with Crippen LogP contribution in [0, 0.1) is 11.8 Å². The summed E-state index contributed by atoms with van der Waals surface area (Å²) in [6, 6.07) is 0.188. The molecule has 0 aromatic rings. The standard InChI is InChI=1S/C12H21NO2/c1-8-2-4-9(5-3-8)10-6-7-11(13-10)12(14)15/h8-11,13H,2-7H2,1H3,(H,14,15). The predicted octanol–water partition coefficient (Wildman–Crippen LogP) is 2.02. The second kappa shape index (κ2) is 4.52. The largest absolute Gasteiger partial charge is 0.480 e. The number of carbonyl (C=O) groups is 1. The Morgan fingerprint density at radius 2 is 1.80 bits per heavy atom. The molecular weight excluding hydrogens is 190 g/mol. The van der Waals surface area contributed by atoms with Gasteiger partial charge in [-0.2, -0.15) is 0 Å². The topological polar surface area (TPSA) is 49.3 Å². The average Bonchev–Trinajstić information content (AvgIpc) is 2.68. The summed E-state index contributed by atoms with van der Waals surface area (Å²) in [6.07, 6.45) is 7.07. The molecule has 2 atom stereocenters. The second-order valence-corrected chi connectivity index (χ2v) is 5.26. The van der Waals surface area contributed by atoms with Gasteiger partial charge in [-0.05, 0) is 37.5 Å². The summed E-state index contributed by atoms with van der Waals surface area (Å²) in [7, 11) is 0. The molecule has 1 saturated heterocycles. The van der Waals surface area contributed by atoms with Gasteiger partial charge in [0.05, 0.1) is 0 Å². The third-order valence-electron chi connectivity index (χ3n) is 4.11. The molecule has 3 heteroatoms. The zero-order valence-corrected chi connectivity index (χ0v) is 9.41. The molecule has 0 aromatic carbocycles. The molecule has 0 spiro atoms. The molecule has 1 saturated carbocycles. The van der Waals surface area contributed by atoms with E-state index in [1.54, 1.807) is 0 Å². The van der Waals surface area contributed by atoms with E-state index in [0.29, 0.717) is 6.04 Å². The van der Waals surface area contributed by atoms with E-state index in [-0.39, 0.29) is 6.04 Å². The minimum absolute atomic E-state index is 0.283. The van der Waals surface area contributed by atoms with Crippen molar-refractivity contribution in [3.8, 4) is 0 Å². The quantitative estimate of drug-likeness (QED) is 0.734. The number of rotatable bonds is 2. The van der Waals surface area contributed by atoms with Crippen molar-refractivity contribution >= 4 is 5.97 Å². The number of aliphatic carboxylic acids is 1. The van der Waals surface area contributed by atoms with Gasteiger partial charge in [0.25, 0.3) is 0 Å². The predicted molar refractivity (Wildman–Crippen MR) is 58.7 cm³/mol.